The zero-order chi connectivity index (χ0) is 32.4. The van der Waals surface area contributed by atoms with E-state index < -0.39 is 33.4 Å². The average molecular weight is 637 g/mol. The minimum absolute atomic E-state index is 0.0465. The first-order chi connectivity index (χ1) is 21.4. The summed E-state index contributed by atoms with van der Waals surface area (Å²) < 4.78 is 72.1. The van der Waals surface area contributed by atoms with Gasteiger partial charge in [-0.05, 0) is 54.7 Å². The van der Waals surface area contributed by atoms with Crippen LogP contribution in [0.25, 0.3) is 16.8 Å². The molecule has 1 amide bonds. The number of nitrogens with zero attached hydrogens (tertiary/aromatic N) is 3. The summed E-state index contributed by atoms with van der Waals surface area (Å²) in [7, 11) is -4.21. The lowest BCUT2D eigenvalue weighted by Crippen LogP contribution is -2.32. The van der Waals surface area contributed by atoms with Crippen LogP contribution in [-0.2, 0) is 34.0 Å². The summed E-state index contributed by atoms with van der Waals surface area (Å²) >= 11 is 0. The number of benzene rings is 3. The zero-order valence-corrected chi connectivity index (χ0v) is 25.5. The van der Waals surface area contributed by atoms with E-state index >= 15 is 0 Å². The number of alkyl halides is 3. The van der Waals surface area contributed by atoms with Gasteiger partial charge in [-0.2, -0.15) is 17.9 Å². The molecule has 0 aliphatic heterocycles. The van der Waals surface area contributed by atoms with Gasteiger partial charge in [0.1, 0.15) is 5.82 Å². The van der Waals surface area contributed by atoms with Crippen molar-refractivity contribution in [2.24, 2.45) is 0 Å². The van der Waals surface area contributed by atoms with Gasteiger partial charge in [-0.25, -0.2) is 17.9 Å². The summed E-state index contributed by atoms with van der Waals surface area (Å²) in [5.74, 6) is -0.316. The number of hydrogen-bond acceptors (Lipinski definition) is 5. The van der Waals surface area contributed by atoms with Crippen molar-refractivity contribution >= 4 is 15.9 Å². The summed E-state index contributed by atoms with van der Waals surface area (Å²) in [5.41, 5.74) is 0.680. The van der Waals surface area contributed by atoms with Crippen LogP contribution < -0.4 is 10.4 Å². The van der Waals surface area contributed by atoms with Gasteiger partial charge in [-0.3, -0.25) is 9.36 Å². The van der Waals surface area contributed by atoms with Crippen LogP contribution in [0.15, 0.2) is 106 Å². The number of carbonyl (C=O) groups is 1. The number of nitrogens with one attached hydrogen (secondary N) is 1. The maximum Gasteiger partial charge on any atom is 0.418 e. The highest BCUT2D eigenvalue weighted by Crippen LogP contribution is 2.33. The molecule has 5 rings (SSSR count). The first-order valence-corrected chi connectivity index (χ1v) is 15.9. The number of halogens is 3. The molecule has 0 fully saturated rings. The van der Waals surface area contributed by atoms with Gasteiger partial charge in [0.15, 0.2) is 0 Å². The number of aromatic nitrogens is 3. The molecule has 4 aromatic rings. The lowest BCUT2D eigenvalue weighted by Gasteiger charge is -2.13. The predicted octanol–water partition coefficient (Wildman–Crippen LogP) is 6.19. The second kappa shape index (κ2) is 12.7. The Balaban J connectivity index is 1.45. The van der Waals surface area contributed by atoms with Crippen molar-refractivity contribution in [3.63, 3.8) is 0 Å². The van der Waals surface area contributed by atoms with Crippen molar-refractivity contribution in [1.82, 2.24) is 19.1 Å². The van der Waals surface area contributed by atoms with Crippen LogP contribution in [0.1, 0.15) is 50.1 Å². The van der Waals surface area contributed by atoms with Crippen molar-refractivity contribution in [2.75, 3.05) is 0 Å². The Morgan fingerprint density at radius 1 is 1.00 bits per heavy atom. The van der Waals surface area contributed by atoms with Gasteiger partial charge in [0.25, 0.3) is 15.9 Å². The van der Waals surface area contributed by atoms with E-state index in [2.05, 4.69) is 9.82 Å². The summed E-state index contributed by atoms with van der Waals surface area (Å²) in [6.45, 7) is 3.75. The summed E-state index contributed by atoms with van der Waals surface area (Å²) in [6.07, 6.45) is 1.12. The Hall–Kier alpha value is -4.71. The van der Waals surface area contributed by atoms with Gasteiger partial charge in [0, 0.05) is 17.6 Å². The largest absolute Gasteiger partial charge is 0.418 e. The zero-order valence-electron chi connectivity index (χ0n) is 24.6. The molecule has 0 atom stereocenters. The molecule has 1 aliphatic carbocycles. The molecule has 12 heteroatoms. The van der Waals surface area contributed by atoms with Crippen LogP contribution >= 0.6 is 0 Å². The van der Waals surface area contributed by atoms with E-state index in [-0.39, 0.29) is 17.1 Å². The van der Waals surface area contributed by atoms with Crippen LogP contribution in [0.4, 0.5) is 13.2 Å². The molecule has 45 heavy (non-hydrogen) atoms. The number of amides is 1. The topological polar surface area (TPSA) is 103 Å². The molecular weight excluding hydrogens is 605 g/mol. The van der Waals surface area contributed by atoms with Gasteiger partial charge < -0.3 is 0 Å². The van der Waals surface area contributed by atoms with Crippen LogP contribution in [0.5, 0.6) is 0 Å². The molecule has 1 heterocycles. The molecule has 1 aliphatic rings. The average Bonchev–Trinajstić information content (AvgIpc) is 3.58. The molecule has 3 aromatic carbocycles. The van der Waals surface area contributed by atoms with Crippen molar-refractivity contribution in [3.05, 3.63) is 124 Å². The number of sulfonamides is 1. The molecule has 0 unspecified atom stereocenters. The third kappa shape index (κ3) is 6.70. The van der Waals surface area contributed by atoms with Crippen molar-refractivity contribution < 1.29 is 26.4 Å². The minimum atomic E-state index is -4.67. The second-order valence-electron chi connectivity index (χ2n) is 10.7. The highest BCUT2D eigenvalue weighted by Gasteiger charge is 2.35. The highest BCUT2D eigenvalue weighted by atomic mass is 32.2. The normalized spacial score (nSPS) is 13.4. The maximum atomic E-state index is 13.7. The number of carbonyl (C=O) groups excluding carboxylic acids is 1. The quantitative estimate of drug-likeness (QED) is 0.224. The molecule has 0 spiro atoms. The standard InChI is InChI=1S/C33H31F3N4O4S/c1-3-4-16-30-37-40(28-14-7-6-13-27(28)33(34,35)36)32(42)39(30)21-23-17-19-24(20-18-23)26-11-5-8-15-29(26)45(43,44)38-31(41)25-12-9-10-22(25)2/h5-11,13-15,17-20H,3-4,12,16,21H2,1-2H3,(H,38,41). The van der Waals surface area contributed by atoms with Crippen LogP contribution in [0.2, 0.25) is 0 Å². The lowest BCUT2D eigenvalue weighted by molar-refractivity contribution is -0.137. The number of aryl methyl sites for hydroxylation is 1. The first-order valence-electron chi connectivity index (χ1n) is 14.4. The van der Waals surface area contributed by atoms with E-state index in [0.717, 1.165) is 17.2 Å². The first kappa shape index (κ1) is 31.7. The molecule has 1 aromatic heterocycles. The maximum absolute atomic E-state index is 13.7. The fourth-order valence-electron chi connectivity index (χ4n) is 5.21. The van der Waals surface area contributed by atoms with E-state index in [9.17, 15) is 31.2 Å². The fraction of sp³-hybridized carbons (Fsp3) is 0.242. The summed E-state index contributed by atoms with van der Waals surface area (Å²) in [4.78, 5) is 26.1. The van der Waals surface area contributed by atoms with Crippen molar-refractivity contribution in [1.29, 1.82) is 0 Å². The molecular formula is C33H31F3N4O4S. The SMILES string of the molecule is CCCCc1nn(-c2ccccc2C(F)(F)F)c(=O)n1Cc1ccc(-c2ccccc2S(=O)(=O)NC(=O)C2=C(C)C=CC2)cc1. The number of para-hydroxylation sites is 1. The molecule has 0 bridgehead atoms. The van der Waals surface area contributed by atoms with Gasteiger partial charge in [-0.1, -0.05) is 80.1 Å². The van der Waals surface area contributed by atoms with E-state index in [0.29, 0.717) is 52.9 Å². The predicted molar refractivity (Wildman–Crippen MR) is 164 cm³/mol. The Bertz CT molecular complexity index is 1970. The van der Waals surface area contributed by atoms with Gasteiger partial charge in [0.2, 0.25) is 0 Å². The summed E-state index contributed by atoms with van der Waals surface area (Å²) in [6, 6.07) is 17.9. The van der Waals surface area contributed by atoms with Gasteiger partial charge in [-0.15, -0.1) is 5.10 Å². The van der Waals surface area contributed by atoms with Crippen LogP contribution in [-0.4, -0.2) is 28.7 Å². The van der Waals surface area contributed by atoms with E-state index in [1.807, 2.05) is 6.92 Å². The highest BCUT2D eigenvalue weighted by molar-refractivity contribution is 7.90. The molecule has 0 saturated heterocycles. The Kier molecular flexibility index (Phi) is 8.96. The molecule has 0 radical (unpaired) electrons. The fourth-order valence-corrected chi connectivity index (χ4v) is 6.42. The van der Waals surface area contributed by atoms with E-state index in [1.165, 1.54) is 28.8 Å². The third-order valence-corrected chi connectivity index (χ3v) is 8.97. The van der Waals surface area contributed by atoms with E-state index in [1.54, 1.807) is 61.5 Å². The van der Waals surface area contributed by atoms with Crippen LogP contribution in [0.3, 0.4) is 0 Å². The lowest BCUT2D eigenvalue weighted by atomic mass is 10.0. The minimum Gasteiger partial charge on any atom is -0.274 e. The van der Waals surface area contributed by atoms with Gasteiger partial charge in [0.05, 0.1) is 22.7 Å². The van der Waals surface area contributed by atoms with Crippen molar-refractivity contribution in [3.8, 4) is 16.8 Å². The molecule has 234 valence electrons. The van der Waals surface area contributed by atoms with Crippen LogP contribution in [0, 0.1) is 0 Å². The molecule has 0 saturated carbocycles. The second-order valence-corrected chi connectivity index (χ2v) is 12.4. The van der Waals surface area contributed by atoms with Gasteiger partial charge >= 0.3 is 11.9 Å². The molecule has 1 N–H and O–H groups in total. The Morgan fingerprint density at radius 3 is 2.36 bits per heavy atom. The number of unbranched alkanes of at least 4 members (excludes halogenated alkanes) is 1. The number of hydrogen-bond donors (Lipinski definition) is 1. The number of allylic oxidation sites excluding steroid dienone is 3. The molecule has 8 nitrogen and oxygen atoms in total. The van der Waals surface area contributed by atoms with Crippen molar-refractivity contribution in [2.45, 2.75) is 57.1 Å². The Labute approximate surface area is 258 Å². The smallest absolute Gasteiger partial charge is 0.274 e. The number of rotatable bonds is 10. The summed E-state index contributed by atoms with van der Waals surface area (Å²) in [5, 5.41) is 4.31. The van der Waals surface area contributed by atoms with E-state index in [4.69, 9.17) is 0 Å². The monoisotopic (exact) mass is 636 g/mol. The Morgan fingerprint density at radius 2 is 1.69 bits per heavy atom. The third-order valence-electron chi connectivity index (χ3n) is 7.58.